The van der Waals surface area contributed by atoms with Crippen LogP contribution in [0.3, 0.4) is 0 Å². The van der Waals surface area contributed by atoms with Crippen LogP contribution in [0.5, 0.6) is 0 Å². The molecule has 1 saturated heterocycles. The first-order valence-corrected chi connectivity index (χ1v) is 8.84. The van der Waals surface area contributed by atoms with E-state index in [2.05, 4.69) is 27.0 Å². The van der Waals surface area contributed by atoms with E-state index >= 15 is 0 Å². The van der Waals surface area contributed by atoms with E-state index in [0.29, 0.717) is 5.69 Å². The van der Waals surface area contributed by atoms with E-state index in [-0.39, 0.29) is 11.9 Å². The third kappa shape index (κ3) is 6.18. The largest absolute Gasteiger partial charge is 0.368 e. The lowest BCUT2D eigenvalue weighted by atomic mass is 10.2. The van der Waals surface area contributed by atoms with E-state index in [9.17, 15) is 4.79 Å². The third-order valence-corrected chi connectivity index (χ3v) is 3.68. The van der Waals surface area contributed by atoms with Crippen LogP contribution < -0.4 is 10.2 Å². The Hall–Kier alpha value is -1.62. The molecule has 0 atom stereocenters. The summed E-state index contributed by atoms with van der Waals surface area (Å²) >= 11 is 0. The molecule has 23 heavy (non-hydrogen) atoms. The Balaban J connectivity index is 0.00000127. The molecule has 5 nitrogen and oxygen atoms in total. The lowest BCUT2D eigenvalue weighted by Crippen LogP contribution is -2.46. The molecule has 130 valence electrons. The maximum absolute atomic E-state index is 11.9. The van der Waals surface area contributed by atoms with Crippen LogP contribution in [0.1, 0.15) is 51.5 Å². The molecule has 1 aromatic heterocycles. The Morgan fingerprint density at radius 1 is 1.22 bits per heavy atom. The minimum absolute atomic E-state index is 0.107. The molecular weight excluding hydrogens is 288 g/mol. The molecule has 0 saturated carbocycles. The lowest BCUT2D eigenvalue weighted by Gasteiger charge is -2.35. The zero-order valence-corrected chi connectivity index (χ0v) is 15.3. The van der Waals surface area contributed by atoms with Crippen LogP contribution >= 0.6 is 0 Å². The average molecular weight is 320 g/mol. The van der Waals surface area contributed by atoms with Crippen LogP contribution in [0.2, 0.25) is 0 Å². The molecule has 2 rings (SSSR count). The van der Waals surface area contributed by atoms with Crippen LogP contribution in [-0.4, -0.2) is 54.6 Å². The second kappa shape index (κ2) is 10.2. The first-order chi connectivity index (χ1) is 11.1. The highest BCUT2D eigenvalue weighted by atomic mass is 16.1. The standard InChI is InChI=1S/C16H26N4O.C2H6/c1-4-7-19-8-10-20(11-9-19)14-5-6-15(17-12-14)16(21)18-13(2)3;1-2/h5-6,12-13H,4,7-11H2,1-3H3,(H,18,21);1-2H3. The second-order valence-corrected chi connectivity index (χ2v) is 5.86. The van der Waals surface area contributed by atoms with Gasteiger partial charge in [0, 0.05) is 32.2 Å². The van der Waals surface area contributed by atoms with E-state index in [4.69, 9.17) is 0 Å². The Bertz CT molecular complexity index is 451. The summed E-state index contributed by atoms with van der Waals surface area (Å²) < 4.78 is 0. The Morgan fingerprint density at radius 3 is 2.35 bits per heavy atom. The maximum atomic E-state index is 11.9. The highest BCUT2D eigenvalue weighted by molar-refractivity contribution is 5.92. The molecule has 0 radical (unpaired) electrons. The fraction of sp³-hybridized carbons (Fsp3) is 0.667. The van der Waals surface area contributed by atoms with Gasteiger partial charge < -0.3 is 10.2 Å². The van der Waals surface area contributed by atoms with Gasteiger partial charge in [0.05, 0.1) is 11.9 Å². The number of rotatable bonds is 5. The van der Waals surface area contributed by atoms with Crippen molar-refractivity contribution in [3.05, 3.63) is 24.0 Å². The molecule has 1 N–H and O–H groups in total. The van der Waals surface area contributed by atoms with Crippen molar-refractivity contribution in [3.8, 4) is 0 Å². The van der Waals surface area contributed by atoms with E-state index < -0.39 is 0 Å². The first-order valence-electron chi connectivity index (χ1n) is 8.84. The van der Waals surface area contributed by atoms with Crippen LogP contribution in [0.15, 0.2) is 18.3 Å². The zero-order chi connectivity index (χ0) is 17.2. The van der Waals surface area contributed by atoms with E-state index in [1.165, 1.54) is 13.0 Å². The predicted molar refractivity (Wildman–Crippen MR) is 97.1 cm³/mol. The van der Waals surface area contributed by atoms with Crippen molar-refractivity contribution in [1.29, 1.82) is 0 Å². The van der Waals surface area contributed by atoms with Gasteiger partial charge in [0.2, 0.25) is 0 Å². The van der Waals surface area contributed by atoms with E-state index in [1.807, 2.05) is 46.0 Å². The van der Waals surface area contributed by atoms with Crippen molar-refractivity contribution in [1.82, 2.24) is 15.2 Å². The van der Waals surface area contributed by atoms with Crippen molar-refractivity contribution in [3.63, 3.8) is 0 Å². The number of piperazine rings is 1. The number of amides is 1. The highest BCUT2D eigenvalue weighted by Crippen LogP contribution is 2.15. The van der Waals surface area contributed by atoms with Crippen molar-refractivity contribution in [2.24, 2.45) is 0 Å². The van der Waals surface area contributed by atoms with Gasteiger partial charge in [-0.2, -0.15) is 0 Å². The molecule has 0 spiro atoms. The number of hydrogen-bond acceptors (Lipinski definition) is 4. The number of pyridine rings is 1. The van der Waals surface area contributed by atoms with Gasteiger partial charge in [0.25, 0.3) is 5.91 Å². The smallest absolute Gasteiger partial charge is 0.270 e. The molecule has 1 aliphatic heterocycles. The van der Waals surface area contributed by atoms with Gasteiger partial charge in [-0.3, -0.25) is 9.69 Å². The molecule has 1 fully saturated rings. The summed E-state index contributed by atoms with van der Waals surface area (Å²) in [6.45, 7) is 15.5. The third-order valence-electron chi connectivity index (χ3n) is 3.68. The monoisotopic (exact) mass is 320 g/mol. The van der Waals surface area contributed by atoms with E-state index in [1.54, 1.807) is 0 Å². The lowest BCUT2D eigenvalue weighted by molar-refractivity contribution is 0.0938. The Morgan fingerprint density at radius 2 is 1.87 bits per heavy atom. The number of nitrogens with one attached hydrogen (secondary N) is 1. The maximum Gasteiger partial charge on any atom is 0.270 e. The molecule has 1 amide bonds. The van der Waals surface area contributed by atoms with E-state index in [0.717, 1.165) is 31.9 Å². The molecular formula is C18H32N4O. The normalized spacial score (nSPS) is 15.1. The predicted octanol–water partition coefficient (Wildman–Crippen LogP) is 2.78. The van der Waals surface area contributed by atoms with Gasteiger partial charge in [-0.05, 0) is 38.9 Å². The van der Waals surface area contributed by atoms with Crippen LogP contribution in [-0.2, 0) is 0 Å². The molecule has 0 aromatic carbocycles. The summed E-state index contributed by atoms with van der Waals surface area (Å²) in [6, 6.07) is 3.94. The highest BCUT2D eigenvalue weighted by Gasteiger charge is 2.17. The molecule has 1 aromatic rings. The van der Waals surface area contributed by atoms with Gasteiger partial charge in [0.15, 0.2) is 0 Å². The van der Waals surface area contributed by atoms with Crippen LogP contribution in [0.4, 0.5) is 5.69 Å². The SMILES string of the molecule is CC.CCCN1CCN(c2ccc(C(=O)NC(C)C)nc2)CC1. The molecule has 2 heterocycles. The van der Waals surface area contributed by atoms with Crippen LogP contribution in [0, 0.1) is 0 Å². The summed E-state index contributed by atoms with van der Waals surface area (Å²) in [7, 11) is 0. The van der Waals surface area contributed by atoms with Gasteiger partial charge in [0.1, 0.15) is 5.69 Å². The minimum Gasteiger partial charge on any atom is -0.368 e. The van der Waals surface area contributed by atoms with Crippen LogP contribution in [0.25, 0.3) is 0 Å². The molecule has 5 heteroatoms. The Labute approximate surface area is 141 Å². The number of carbonyl (C=O) groups excluding carboxylic acids is 1. The quantitative estimate of drug-likeness (QED) is 0.906. The van der Waals surface area contributed by atoms with Gasteiger partial charge in [-0.15, -0.1) is 0 Å². The average Bonchev–Trinajstić information content (AvgIpc) is 2.57. The van der Waals surface area contributed by atoms with Crippen molar-refractivity contribution in [2.75, 3.05) is 37.6 Å². The number of carbonyl (C=O) groups is 1. The molecule has 0 aliphatic carbocycles. The fourth-order valence-corrected chi connectivity index (χ4v) is 2.59. The van der Waals surface area contributed by atoms with Crippen molar-refractivity contribution < 1.29 is 4.79 Å². The molecule has 0 bridgehead atoms. The summed E-state index contributed by atoms with van der Waals surface area (Å²) in [5, 5.41) is 2.86. The summed E-state index contributed by atoms with van der Waals surface area (Å²) in [5.74, 6) is -0.107. The second-order valence-electron chi connectivity index (χ2n) is 5.86. The summed E-state index contributed by atoms with van der Waals surface area (Å²) in [6.07, 6.45) is 3.02. The van der Waals surface area contributed by atoms with Crippen molar-refractivity contribution in [2.45, 2.75) is 47.1 Å². The molecule has 1 aliphatic rings. The van der Waals surface area contributed by atoms with Gasteiger partial charge >= 0.3 is 0 Å². The molecule has 0 unspecified atom stereocenters. The fourth-order valence-electron chi connectivity index (χ4n) is 2.59. The number of anilines is 1. The topological polar surface area (TPSA) is 48.5 Å². The zero-order valence-electron chi connectivity index (χ0n) is 15.3. The number of nitrogens with zero attached hydrogens (tertiary/aromatic N) is 3. The summed E-state index contributed by atoms with van der Waals surface area (Å²) in [5.41, 5.74) is 1.59. The Kier molecular flexibility index (Phi) is 8.62. The van der Waals surface area contributed by atoms with Gasteiger partial charge in [-0.1, -0.05) is 20.8 Å². The summed E-state index contributed by atoms with van der Waals surface area (Å²) in [4.78, 5) is 21.0. The van der Waals surface area contributed by atoms with Crippen molar-refractivity contribution >= 4 is 11.6 Å². The number of hydrogen-bond donors (Lipinski definition) is 1. The number of aromatic nitrogens is 1. The first kappa shape index (κ1) is 19.4. The minimum atomic E-state index is -0.107. The van der Waals surface area contributed by atoms with Gasteiger partial charge in [-0.25, -0.2) is 4.98 Å².